The van der Waals surface area contributed by atoms with E-state index in [2.05, 4.69) is 10.0 Å². The molecule has 122 valence electrons. The van der Waals surface area contributed by atoms with Crippen molar-refractivity contribution in [2.24, 2.45) is 0 Å². The van der Waals surface area contributed by atoms with Gasteiger partial charge in [-0.15, -0.1) is 0 Å². The second-order valence-corrected chi connectivity index (χ2v) is 7.39. The van der Waals surface area contributed by atoms with Crippen molar-refractivity contribution in [3.05, 3.63) is 57.5 Å². The van der Waals surface area contributed by atoms with Crippen LogP contribution in [0.3, 0.4) is 0 Å². The van der Waals surface area contributed by atoms with Crippen LogP contribution in [0.15, 0.2) is 47.4 Å². The van der Waals surface area contributed by atoms with E-state index in [9.17, 15) is 13.2 Å². The first-order chi connectivity index (χ1) is 10.8. The molecule has 0 spiro atoms. The average Bonchev–Trinajstić information content (AvgIpc) is 2.49. The highest BCUT2D eigenvalue weighted by atomic mass is 35.5. The zero-order valence-corrected chi connectivity index (χ0v) is 14.6. The van der Waals surface area contributed by atoms with Crippen molar-refractivity contribution in [3.63, 3.8) is 0 Å². The van der Waals surface area contributed by atoms with Crippen LogP contribution >= 0.6 is 34.8 Å². The van der Waals surface area contributed by atoms with Gasteiger partial charge in [0.15, 0.2) is 0 Å². The molecule has 0 aliphatic heterocycles. The lowest BCUT2D eigenvalue weighted by molar-refractivity contribution is -0.115. The van der Waals surface area contributed by atoms with Gasteiger partial charge in [0.1, 0.15) is 4.90 Å². The second-order valence-electron chi connectivity index (χ2n) is 4.43. The van der Waals surface area contributed by atoms with Gasteiger partial charge in [-0.25, -0.2) is 13.1 Å². The van der Waals surface area contributed by atoms with E-state index in [1.54, 1.807) is 12.1 Å². The van der Waals surface area contributed by atoms with Crippen LogP contribution in [-0.4, -0.2) is 20.9 Å². The van der Waals surface area contributed by atoms with E-state index in [-0.39, 0.29) is 14.9 Å². The fourth-order valence-electron chi connectivity index (χ4n) is 1.68. The Kier molecular flexibility index (Phi) is 5.89. The van der Waals surface area contributed by atoms with Crippen LogP contribution in [0.2, 0.25) is 15.1 Å². The van der Waals surface area contributed by atoms with Gasteiger partial charge in [-0.05, 0) is 30.3 Å². The summed E-state index contributed by atoms with van der Waals surface area (Å²) in [6, 6.07) is 10.5. The number of carbonyl (C=O) groups excluding carboxylic acids is 1. The number of carbonyl (C=O) groups is 1. The summed E-state index contributed by atoms with van der Waals surface area (Å²) in [5.41, 5.74) is 0.404. The molecule has 0 heterocycles. The Hall–Kier alpha value is -1.31. The molecule has 2 aromatic rings. The van der Waals surface area contributed by atoms with Gasteiger partial charge in [-0.2, -0.15) is 0 Å². The molecule has 0 unspecified atom stereocenters. The zero-order chi connectivity index (χ0) is 17.0. The maximum absolute atomic E-state index is 12.1. The molecule has 0 saturated heterocycles. The van der Waals surface area contributed by atoms with Crippen LogP contribution in [0.4, 0.5) is 5.69 Å². The van der Waals surface area contributed by atoms with E-state index in [0.29, 0.717) is 10.7 Å². The molecule has 0 aliphatic carbocycles. The van der Waals surface area contributed by atoms with E-state index in [4.69, 9.17) is 34.8 Å². The Morgan fingerprint density at radius 2 is 1.65 bits per heavy atom. The number of nitrogens with one attached hydrogen (secondary N) is 2. The minimum Gasteiger partial charge on any atom is -0.325 e. The van der Waals surface area contributed by atoms with Crippen LogP contribution in [0.1, 0.15) is 0 Å². The highest BCUT2D eigenvalue weighted by molar-refractivity contribution is 7.89. The maximum atomic E-state index is 12.1. The third-order valence-corrected chi connectivity index (χ3v) is 5.39. The SMILES string of the molecule is O=C(CNS(=O)(=O)c1ccccc1Cl)Nc1ccc(Cl)c(Cl)c1. The Bertz CT molecular complexity index is 841. The Balaban J connectivity index is 2.01. The minimum atomic E-state index is -3.88. The Morgan fingerprint density at radius 1 is 0.957 bits per heavy atom. The molecule has 2 rings (SSSR count). The highest BCUT2D eigenvalue weighted by Gasteiger charge is 2.18. The van der Waals surface area contributed by atoms with Crippen LogP contribution < -0.4 is 10.0 Å². The molecule has 23 heavy (non-hydrogen) atoms. The number of amides is 1. The van der Waals surface area contributed by atoms with Gasteiger partial charge in [0.2, 0.25) is 15.9 Å². The molecule has 0 radical (unpaired) electrons. The lowest BCUT2D eigenvalue weighted by atomic mass is 10.3. The van der Waals surface area contributed by atoms with E-state index < -0.39 is 22.5 Å². The summed E-state index contributed by atoms with van der Waals surface area (Å²) < 4.78 is 26.4. The Morgan fingerprint density at radius 3 is 2.30 bits per heavy atom. The molecule has 0 aromatic heterocycles. The molecule has 1 amide bonds. The predicted molar refractivity (Wildman–Crippen MR) is 91.7 cm³/mol. The molecule has 0 atom stereocenters. The quantitative estimate of drug-likeness (QED) is 0.815. The number of sulfonamides is 1. The molecule has 2 N–H and O–H groups in total. The maximum Gasteiger partial charge on any atom is 0.242 e. The summed E-state index contributed by atoms with van der Waals surface area (Å²) in [6.07, 6.45) is 0. The van der Waals surface area contributed by atoms with Gasteiger partial charge < -0.3 is 5.32 Å². The van der Waals surface area contributed by atoms with E-state index in [1.165, 1.54) is 30.3 Å². The normalized spacial score (nSPS) is 11.3. The summed E-state index contributed by atoms with van der Waals surface area (Å²) in [5.74, 6) is -0.556. The van der Waals surface area contributed by atoms with Gasteiger partial charge in [0, 0.05) is 5.69 Å². The smallest absolute Gasteiger partial charge is 0.242 e. The lowest BCUT2D eigenvalue weighted by Gasteiger charge is -2.09. The molecule has 5 nitrogen and oxygen atoms in total. The number of rotatable bonds is 5. The van der Waals surface area contributed by atoms with Crippen LogP contribution in [0.5, 0.6) is 0 Å². The summed E-state index contributed by atoms with van der Waals surface area (Å²) in [6.45, 7) is -0.451. The molecule has 0 saturated carbocycles. The van der Waals surface area contributed by atoms with E-state index >= 15 is 0 Å². The van der Waals surface area contributed by atoms with Crippen molar-refractivity contribution >= 4 is 56.4 Å². The first-order valence-electron chi connectivity index (χ1n) is 6.29. The number of hydrogen-bond donors (Lipinski definition) is 2. The summed E-state index contributed by atoms with van der Waals surface area (Å²) in [5, 5.41) is 3.21. The summed E-state index contributed by atoms with van der Waals surface area (Å²) >= 11 is 17.4. The second kappa shape index (κ2) is 7.51. The predicted octanol–water partition coefficient (Wildman–Crippen LogP) is 3.56. The number of anilines is 1. The van der Waals surface area contributed by atoms with Gasteiger partial charge in [-0.3, -0.25) is 4.79 Å². The van der Waals surface area contributed by atoms with Crippen LogP contribution in [0, 0.1) is 0 Å². The standard InChI is InChI=1S/C14H11Cl3N2O3S/c15-10-6-5-9(7-12(10)17)19-14(20)8-18-23(21,22)13-4-2-1-3-11(13)16/h1-7,18H,8H2,(H,19,20). The van der Waals surface area contributed by atoms with Crippen LogP contribution in [-0.2, 0) is 14.8 Å². The first-order valence-corrected chi connectivity index (χ1v) is 8.90. The molecule has 0 aliphatic rings. The fourth-order valence-corrected chi connectivity index (χ4v) is 3.48. The van der Waals surface area contributed by atoms with Crippen molar-refractivity contribution < 1.29 is 13.2 Å². The Labute approximate surface area is 148 Å². The number of halogens is 3. The molecule has 2 aromatic carbocycles. The molecular weight excluding hydrogens is 383 g/mol. The van der Waals surface area contributed by atoms with Gasteiger partial charge >= 0.3 is 0 Å². The van der Waals surface area contributed by atoms with Crippen LogP contribution in [0.25, 0.3) is 0 Å². The van der Waals surface area contributed by atoms with Crippen molar-refractivity contribution in [3.8, 4) is 0 Å². The third kappa shape index (κ3) is 4.83. The molecular formula is C14H11Cl3N2O3S. The number of hydrogen-bond acceptors (Lipinski definition) is 3. The summed E-state index contributed by atoms with van der Waals surface area (Å²) in [7, 11) is -3.88. The van der Waals surface area contributed by atoms with E-state index in [1.807, 2.05) is 0 Å². The average molecular weight is 394 g/mol. The zero-order valence-electron chi connectivity index (χ0n) is 11.5. The van der Waals surface area contributed by atoms with Crippen molar-refractivity contribution in [1.82, 2.24) is 4.72 Å². The minimum absolute atomic E-state index is 0.0740. The van der Waals surface area contributed by atoms with Crippen molar-refractivity contribution in [2.45, 2.75) is 4.90 Å². The summed E-state index contributed by atoms with van der Waals surface area (Å²) in [4.78, 5) is 11.7. The molecule has 0 bridgehead atoms. The topological polar surface area (TPSA) is 75.3 Å². The van der Waals surface area contributed by atoms with Gasteiger partial charge in [-0.1, -0.05) is 46.9 Å². The molecule has 9 heteroatoms. The van der Waals surface area contributed by atoms with Gasteiger partial charge in [0.25, 0.3) is 0 Å². The van der Waals surface area contributed by atoms with Gasteiger partial charge in [0.05, 0.1) is 21.6 Å². The van der Waals surface area contributed by atoms with Crippen molar-refractivity contribution in [2.75, 3.05) is 11.9 Å². The largest absolute Gasteiger partial charge is 0.325 e. The first kappa shape index (κ1) is 18.0. The lowest BCUT2D eigenvalue weighted by Crippen LogP contribution is -2.33. The fraction of sp³-hybridized carbons (Fsp3) is 0.0714. The monoisotopic (exact) mass is 392 g/mol. The third-order valence-electron chi connectivity index (χ3n) is 2.75. The number of benzene rings is 2. The van der Waals surface area contributed by atoms with Crippen molar-refractivity contribution in [1.29, 1.82) is 0 Å². The highest BCUT2D eigenvalue weighted by Crippen LogP contribution is 2.25. The van der Waals surface area contributed by atoms with E-state index in [0.717, 1.165) is 0 Å². The molecule has 0 fully saturated rings.